The highest BCUT2D eigenvalue weighted by Crippen LogP contribution is 2.29. The van der Waals surface area contributed by atoms with Crippen molar-refractivity contribution >= 4 is 44.6 Å². The van der Waals surface area contributed by atoms with E-state index in [0.29, 0.717) is 17.1 Å². The summed E-state index contributed by atoms with van der Waals surface area (Å²) in [4.78, 5) is 0.251. The van der Waals surface area contributed by atoms with Gasteiger partial charge in [-0.1, -0.05) is 12.2 Å². The number of thiocarbonyl (C=S) groups is 1. The number of rotatable bonds is 3. The summed E-state index contributed by atoms with van der Waals surface area (Å²) in [5.74, 6) is 0.303. The van der Waals surface area contributed by atoms with Crippen LogP contribution in [0.15, 0.2) is 22.7 Å². The first-order valence-electron chi connectivity index (χ1n) is 5.45. The molecular formula is C12H12BrFN4S. The maximum Gasteiger partial charge on any atom is 0.138 e. The molecule has 1 heterocycles. The van der Waals surface area contributed by atoms with Gasteiger partial charge in [-0.05, 0) is 41.1 Å². The zero-order chi connectivity index (χ0) is 14.2. The quantitative estimate of drug-likeness (QED) is 0.842. The molecule has 0 aliphatic carbocycles. The molecular weight excluding hydrogens is 331 g/mol. The van der Waals surface area contributed by atoms with Gasteiger partial charge < -0.3 is 11.1 Å². The summed E-state index contributed by atoms with van der Waals surface area (Å²) in [7, 11) is 1.77. The van der Waals surface area contributed by atoms with Crippen LogP contribution in [0.3, 0.4) is 0 Å². The Balaban J connectivity index is 2.49. The normalized spacial score (nSPS) is 10.5. The second kappa shape index (κ2) is 5.26. The van der Waals surface area contributed by atoms with Gasteiger partial charge in [0.25, 0.3) is 0 Å². The summed E-state index contributed by atoms with van der Waals surface area (Å²) >= 11 is 8.38. The molecule has 100 valence electrons. The number of nitrogens with two attached hydrogens (primary N) is 1. The van der Waals surface area contributed by atoms with Crippen molar-refractivity contribution in [1.82, 2.24) is 9.78 Å². The highest BCUT2D eigenvalue weighted by atomic mass is 79.9. The molecule has 3 N–H and O–H groups in total. The summed E-state index contributed by atoms with van der Waals surface area (Å²) in [6, 6.07) is 4.38. The van der Waals surface area contributed by atoms with Gasteiger partial charge in [-0.2, -0.15) is 5.10 Å². The van der Waals surface area contributed by atoms with Gasteiger partial charge in [-0.3, -0.25) is 4.68 Å². The van der Waals surface area contributed by atoms with Crippen molar-refractivity contribution in [3.63, 3.8) is 0 Å². The third-order valence-electron chi connectivity index (χ3n) is 2.65. The topological polar surface area (TPSA) is 55.9 Å². The van der Waals surface area contributed by atoms with Gasteiger partial charge in [0.05, 0.1) is 16.9 Å². The number of hydrogen-bond acceptors (Lipinski definition) is 3. The van der Waals surface area contributed by atoms with Crippen LogP contribution in [0.2, 0.25) is 0 Å². The first-order valence-corrected chi connectivity index (χ1v) is 6.65. The van der Waals surface area contributed by atoms with Gasteiger partial charge in [-0.25, -0.2) is 4.39 Å². The second-order valence-electron chi connectivity index (χ2n) is 4.05. The van der Waals surface area contributed by atoms with Gasteiger partial charge in [0.15, 0.2) is 0 Å². The lowest BCUT2D eigenvalue weighted by molar-refractivity contribution is 0.628. The molecule has 1 aromatic carbocycles. The van der Waals surface area contributed by atoms with Crippen LogP contribution < -0.4 is 11.1 Å². The van der Waals surface area contributed by atoms with E-state index in [1.54, 1.807) is 17.8 Å². The number of hydrogen-bond donors (Lipinski definition) is 2. The van der Waals surface area contributed by atoms with Gasteiger partial charge in [0, 0.05) is 11.5 Å². The van der Waals surface area contributed by atoms with Crippen molar-refractivity contribution in [3.05, 3.63) is 39.7 Å². The maximum absolute atomic E-state index is 13.3. The van der Waals surface area contributed by atoms with E-state index in [1.807, 2.05) is 6.92 Å². The molecule has 0 radical (unpaired) electrons. The van der Waals surface area contributed by atoms with Crippen molar-refractivity contribution in [2.75, 3.05) is 5.32 Å². The van der Waals surface area contributed by atoms with Crippen molar-refractivity contribution in [2.45, 2.75) is 6.92 Å². The zero-order valence-electron chi connectivity index (χ0n) is 10.4. The van der Waals surface area contributed by atoms with E-state index in [9.17, 15) is 4.39 Å². The first-order chi connectivity index (χ1) is 8.90. The average molecular weight is 343 g/mol. The summed E-state index contributed by atoms with van der Waals surface area (Å²) in [5.41, 5.74) is 7.67. The Morgan fingerprint density at radius 1 is 1.53 bits per heavy atom. The molecule has 4 nitrogen and oxygen atoms in total. The first kappa shape index (κ1) is 14.0. The molecule has 0 fully saturated rings. The lowest BCUT2D eigenvalue weighted by Gasteiger charge is -2.11. The Kier molecular flexibility index (Phi) is 3.86. The molecule has 7 heteroatoms. The Morgan fingerprint density at radius 3 is 2.84 bits per heavy atom. The fraction of sp³-hybridized carbons (Fsp3) is 0.167. The molecule has 0 spiro atoms. The lowest BCUT2D eigenvalue weighted by atomic mass is 10.2. The number of benzene rings is 1. The predicted octanol–water partition coefficient (Wildman–Crippen LogP) is 3.01. The molecule has 0 aliphatic rings. The van der Waals surface area contributed by atoms with E-state index in [4.69, 9.17) is 18.0 Å². The van der Waals surface area contributed by atoms with Crippen LogP contribution in [0.4, 0.5) is 15.9 Å². The van der Waals surface area contributed by atoms with E-state index >= 15 is 0 Å². The number of aromatic nitrogens is 2. The summed E-state index contributed by atoms with van der Waals surface area (Å²) in [6.07, 6.45) is 0. The average Bonchev–Trinajstić information content (AvgIpc) is 2.59. The standard InChI is InChI=1S/C12H12BrFN4S/c1-6-10(11(15)19)12(18(2)17-6)16-9-5-7(14)3-4-8(9)13/h3-5,16H,1-2H3,(H2,15,19). The van der Waals surface area contributed by atoms with Crippen molar-refractivity contribution in [1.29, 1.82) is 0 Å². The van der Waals surface area contributed by atoms with Crippen molar-refractivity contribution in [2.24, 2.45) is 12.8 Å². The van der Waals surface area contributed by atoms with Crippen LogP contribution in [0, 0.1) is 12.7 Å². The van der Waals surface area contributed by atoms with Gasteiger partial charge >= 0.3 is 0 Å². The van der Waals surface area contributed by atoms with Crippen LogP contribution in [0.1, 0.15) is 11.3 Å². The monoisotopic (exact) mass is 342 g/mol. The molecule has 0 bridgehead atoms. The predicted molar refractivity (Wildman–Crippen MR) is 81.2 cm³/mol. The summed E-state index contributed by atoms with van der Waals surface area (Å²) in [6.45, 7) is 1.82. The largest absolute Gasteiger partial charge is 0.389 e. The van der Waals surface area contributed by atoms with E-state index in [1.165, 1.54) is 12.1 Å². The molecule has 0 saturated carbocycles. The third kappa shape index (κ3) is 2.76. The van der Waals surface area contributed by atoms with Crippen molar-refractivity contribution < 1.29 is 4.39 Å². The fourth-order valence-electron chi connectivity index (χ4n) is 1.82. The maximum atomic E-state index is 13.3. The van der Waals surface area contributed by atoms with Crippen LogP contribution in [0.25, 0.3) is 0 Å². The van der Waals surface area contributed by atoms with Gasteiger partial charge in [0.1, 0.15) is 16.6 Å². The van der Waals surface area contributed by atoms with Crippen LogP contribution in [-0.2, 0) is 7.05 Å². The Bertz CT molecular complexity index is 653. The van der Waals surface area contributed by atoms with Gasteiger partial charge in [0.2, 0.25) is 0 Å². The summed E-state index contributed by atoms with van der Waals surface area (Å²) < 4.78 is 15.6. The molecule has 0 saturated heterocycles. The van der Waals surface area contributed by atoms with Crippen LogP contribution in [-0.4, -0.2) is 14.8 Å². The number of nitrogens with zero attached hydrogens (tertiary/aromatic N) is 2. The Morgan fingerprint density at radius 2 is 2.21 bits per heavy atom. The highest BCUT2D eigenvalue weighted by molar-refractivity contribution is 9.10. The minimum Gasteiger partial charge on any atom is -0.389 e. The molecule has 0 aliphatic heterocycles. The zero-order valence-corrected chi connectivity index (χ0v) is 12.8. The molecule has 0 unspecified atom stereocenters. The van der Waals surface area contributed by atoms with Crippen LogP contribution in [0.5, 0.6) is 0 Å². The van der Waals surface area contributed by atoms with Gasteiger partial charge in [-0.15, -0.1) is 0 Å². The number of halogens is 2. The smallest absolute Gasteiger partial charge is 0.138 e. The second-order valence-corrected chi connectivity index (χ2v) is 5.34. The lowest BCUT2D eigenvalue weighted by Crippen LogP contribution is -2.13. The third-order valence-corrected chi connectivity index (χ3v) is 3.55. The molecule has 2 rings (SSSR count). The number of aryl methyl sites for hydroxylation is 2. The Labute approximate surface area is 123 Å². The summed E-state index contributed by atoms with van der Waals surface area (Å²) in [5, 5.41) is 7.36. The molecule has 1 aromatic heterocycles. The number of nitrogens with one attached hydrogen (secondary N) is 1. The van der Waals surface area contributed by atoms with E-state index < -0.39 is 0 Å². The van der Waals surface area contributed by atoms with E-state index in [2.05, 4.69) is 26.3 Å². The molecule has 0 atom stereocenters. The van der Waals surface area contributed by atoms with E-state index in [0.717, 1.165) is 10.2 Å². The number of anilines is 2. The Hall–Kier alpha value is -1.47. The fourth-order valence-corrected chi connectivity index (χ4v) is 2.41. The molecule has 0 amide bonds. The van der Waals surface area contributed by atoms with Crippen molar-refractivity contribution in [3.8, 4) is 0 Å². The van der Waals surface area contributed by atoms with E-state index in [-0.39, 0.29) is 10.8 Å². The SMILES string of the molecule is Cc1nn(C)c(Nc2cc(F)ccc2Br)c1C(N)=S. The van der Waals surface area contributed by atoms with Crippen LogP contribution >= 0.6 is 28.1 Å². The highest BCUT2D eigenvalue weighted by Gasteiger charge is 2.16. The minimum absolute atomic E-state index is 0.251. The molecule has 19 heavy (non-hydrogen) atoms. The minimum atomic E-state index is -0.332. The molecule has 2 aromatic rings.